The Balaban J connectivity index is 2.86. The van der Waals surface area contributed by atoms with Crippen molar-refractivity contribution >= 4 is 5.78 Å². The number of Topliss-reactive ketones (excluding diaryl/α,β-unsaturated/α-hetero) is 1. The van der Waals surface area contributed by atoms with Gasteiger partial charge in [0.2, 0.25) is 0 Å². The van der Waals surface area contributed by atoms with Crippen LogP contribution in [-0.4, -0.2) is 28.6 Å². The topological polar surface area (TPSA) is 59.4 Å². The Kier molecular flexibility index (Phi) is 4.84. The van der Waals surface area contributed by atoms with Gasteiger partial charge in [0.05, 0.1) is 12.8 Å². The van der Waals surface area contributed by atoms with Gasteiger partial charge in [0, 0.05) is 11.8 Å². The molecule has 0 aromatic carbocycles. The second kappa shape index (κ2) is 5.96. The maximum Gasteiger partial charge on any atom is 0.193 e. The number of nitrogens with zero attached hydrogens (tertiary/aromatic N) is 1. The van der Waals surface area contributed by atoms with Crippen molar-refractivity contribution in [3.8, 4) is 5.75 Å². The predicted octanol–water partition coefficient (Wildman–Crippen LogP) is 2.46. The molecule has 4 nitrogen and oxygen atoms in total. The van der Waals surface area contributed by atoms with Gasteiger partial charge in [-0.05, 0) is 17.9 Å². The lowest BCUT2D eigenvalue weighted by Crippen LogP contribution is -2.34. The summed E-state index contributed by atoms with van der Waals surface area (Å²) in [6.45, 7) is 8.05. The number of aliphatic hydroxyl groups is 1. The van der Waals surface area contributed by atoms with E-state index in [0.717, 1.165) is 6.42 Å². The van der Waals surface area contributed by atoms with E-state index in [1.165, 1.54) is 6.20 Å². The number of pyridine rings is 1. The van der Waals surface area contributed by atoms with Gasteiger partial charge >= 0.3 is 0 Å². The number of aromatic nitrogens is 1. The van der Waals surface area contributed by atoms with Gasteiger partial charge in [0.15, 0.2) is 5.78 Å². The average molecular weight is 251 g/mol. The first-order valence-corrected chi connectivity index (χ1v) is 6.16. The summed E-state index contributed by atoms with van der Waals surface area (Å²) in [7, 11) is 0. The van der Waals surface area contributed by atoms with Crippen LogP contribution in [-0.2, 0) is 0 Å². The van der Waals surface area contributed by atoms with E-state index in [-0.39, 0.29) is 5.78 Å². The molecule has 1 N–H and O–H groups in total. The van der Waals surface area contributed by atoms with Crippen molar-refractivity contribution in [1.82, 2.24) is 4.98 Å². The third kappa shape index (κ3) is 3.81. The molecule has 0 bridgehead atoms. The van der Waals surface area contributed by atoms with E-state index in [4.69, 9.17) is 4.74 Å². The predicted molar refractivity (Wildman–Crippen MR) is 69.8 cm³/mol. The van der Waals surface area contributed by atoms with Crippen molar-refractivity contribution in [2.45, 2.75) is 40.2 Å². The zero-order chi connectivity index (χ0) is 13.8. The number of rotatable bonds is 5. The second-order valence-electron chi connectivity index (χ2n) is 5.39. The average Bonchev–Trinajstić information content (AvgIpc) is 2.33. The standard InChI is InChI=1S/C14H21NO3/c1-5-6-18-11-7-10(8-15-9-11)12(16)13(17)14(2,3)4/h7-9,13,17H,5-6H2,1-4H3. The van der Waals surface area contributed by atoms with Gasteiger partial charge in [-0.1, -0.05) is 27.7 Å². The molecule has 0 radical (unpaired) electrons. The molecule has 100 valence electrons. The summed E-state index contributed by atoms with van der Waals surface area (Å²) < 4.78 is 5.41. The third-order valence-electron chi connectivity index (χ3n) is 2.54. The molecule has 0 amide bonds. The highest BCUT2D eigenvalue weighted by atomic mass is 16.5. The molecule has 1 heterocycles. The van der Waals surface area contributed by atoms with Crippen LogP contribution in [0.5, 0.6) is 5.75 Å². The van der Waals surface area contributed by atoms with E-state index >= 15 is 0 Å². The molecule has 0 aliphatic rings. The van der Waals surface area contributed by atoms with Crippen LogP contribution < -0.4 is 4.74 Å². The quantitative estimate of drug-likeness (QED) is 0.817. The number of aliphatic hydroxyl groups excluding tert-OH is 1. The normalized spacial score (nSPS) is 13.2. The van der Waals surface area contributed by atoms with Gasteiger partial charge in [-0.3, -0.25) is 9.78 Å². The highest BCUT2D eigenvalue weighted by Crippen LogP contribution is 2.23. The Morgan fingerprint density at radius 2 is 2.11 bits per heavy atom. The maximum absolute atomic E-state index is 12.1. The lowest BCUT2D eigenvalue weighted by atomic mass is 9.85. The Morgan fingerprint density at radius 3 is 2.67 bits per heavy atom. The van der Waals surface area contributed by atoms with E-state index in [1.807, 2.05) is 27.7 Å². The largest absolute Gasteiger partial charge is 0.492 e. The summed E-state index contributed by atoms with van der Waals surface area (Å²) in [6, 6.07) is 1.62. The molecule has 1 unspecified atom stereocenters. The number of hydrogen-bond acceptors (Lipinski definition) is 4. The van der Waals surface area contributed by atoms with Gasteiger partial charge in [-0.15, -0.1) is 0 Å². The van der Waals surface area contributed by atoms with Gasteiger partial charge in [0.1, 0.15) is 11.9 Å². The lowest BCUT2D eigenvalue weighted by molar-refractivity contribution is 0.0442. The number of carbonyl (C=O) groups excluding carboxylic acids is 1. The molecule has 0 saturated carbocycles. The monoisotopic (exact) mass is 251 g/mol. The fraction of sp³-hybridized carbons (Fsp3) is 0.571. The van der Waals surface area contributed by atoms with Crippen molar-refractivity contribution in [2.24, 2.45) is 5.41 Å². The van der Waals surface area contributed by atoms with Crippen LogP contribution in [0.3, 0.4) is 0 Å². The summed E-state index contributed by atoms with van der Waals surface area (Å²) in [5, 5.41) is 9.96. The van der Waals surface area contributed by atoms with Crippen LogP contribution in [0.1, 0.15) is 44.5 Å². The van der Waals surface area contributed by atoms with Gasteiger partial charge in [0.25, 0.3) is 0 Å². The Hall–Kier alpha value is -1.42. The first kappa shape index (κ1) is 14.6. The highest BCUT2D eigenvalue weighted by Gasteiger charge is 2.30. The van der Waals surface area contributed by atoms with Crippen molar-refractivity contribution in [3.63, 3.8) is 0 Å². The van der Waals surface area contributed by atoms with Crippen LogP contribution in [0.25, 0.3) is 0 Å². The highest BCUT2D eigenvalue weighted by molar-refractivity contribution is 5.99. The minimum Gasteiger partial charge on any atom is -0.492 e. The van der Waals surface area contributed by atoms with Crippen molar-refractivity contribution in [2.75, 3.05) is 6.61 Å². The fourth-order valence-corrected chi connectivity index (χ4v) is 1.40. The van der Waals surface area contributed by atoms with Crippen LogP contribution in [0.15, 0.2) is 18.5 Å². The fourth-order valence-electron chi connectivity index (χ4n) is 1.40. The summed E-state index contributed by atoms with van der Waals surface area (Å²) in [5.74, 6) is 0.237. The van der Waals surface area contributed by atoms with Gasteiger partial charge in [-0.25, -0.2) is 0 Å². The van der Waals surface area contributed by atoms with Crippen LogP contribution in [0, 0.1) is 5.41 Å². The minimum absolute atomic E-state index is 0.322. The van der Waals surface area contributed by atoms with E-state index in [1.54, 1.807) is 12.3 Å². The molecular formula is C14H21NO3. The summed E-state index contributed by atoms with van der Waals surface area (Å²) >= 11 is 0. The SMILES string of the molecule is CCCOc1cncc(C(=O)C(O)C(C)(C)C)c1. The number of ether oxygens (including phenoxy) is 1. The van der Waals surface area contributed by atoms with E-state index < -0.39 is 11.5 Å². The molecule has 0 saturated heterocycles. The molecule has 4 heteroatoms. The maximum atomic E-state index is 12.1. The molecule has 1 aromatic rings. The molecule has 0 fully saturated rings. The summed E-state index contributed by atoms with van der Waals surface area (Å²) in [6.07, 6.45) is 2.87. The van der Waals surface area contributed by atoms with Crippen molar-refractivity contribution in [1.29, 1.82) is 0 Å². The first-order valence-electron chi connectivity index (χ1n) is 6.16. The molecule has 1 rings (SSSR count). The zero-order valence-electron chi connectivity index (χ0n) is 11.4. The molecule has 0 aliphatic carbocycles. The first-order chi connectivity index (χ1) is 8.36. The lowest BCUT2D eigenvalue weighted by Gasteiger charge is -2.24. The Morgan fingerprint density at radius 1 is 1.44 bits per heavy atom. The number of hydrogen-bond donors (Lipinski definition) is 1. The molecule has 0 aliphatic heterocycles. The number of carbonyl (C=O) groups is 1. The minimum atomic E-state index is -1.04. The van der Waals surface area contributed by atoms with E-state index in [2.05, 4.69) is 4.98 Å². The van der Waals surface area contributed by atoms with E-state index in [9.17, 15) is 9.90 Å². The summed E-state index contributed by atoms with van der Waals surface area (Å²) in [5.41, 5.74) is -0.108. The van der Waals surface area contributed by atoms with E-state index in [0.29, 0.717) is 17.9 Å². The van der Waals surface area contributed by atoms with Crippen LogP contribution in [0.2, 0.25) is 0 Å². The Bertz CT molecular complexity index is 410. The molecular weight excluding hydrogens is 230 g/mol. The molecule has 0 spiro atoms. The molecule has 1 aromatic heterocycles. The van der Waals surface area contributed by atoms with Crippen LogP contribution >= 0.6 is 0 Å². The Labute approximate surface area is 108 Å². The molecule has 1 atom stereocenters. The smallest absolute Gasteiger partial charge is 0.193 e. The van der Waals surface area contributed by atoms with Crippen molar-refractivity contribution in [3.05, 3.63) is 24.0 Å². The van der Waals surface area contributed by atoms with Crippen molar-refractivity contribution < 1.29 is 14.6 Å². The van der Waals surface area contributed by atoms with Gasteiger partial charge in [-0.2, -0.15) is 0 Å². The van der Waals surface area contributed by atoms with Crippen LogP contribution in [0.4, 0.5) is 0 Å². The third-order valence-corrected chi connectivity index (χ3v) is 2.54. The van der Waals surface area contributed by atoms with Gasteiger partial charge < -0.3 is 9.84 Å². The number of ketones is 1. The zero-order valence-corrected chi connectivity index (χ0v) is 11.4. The summed E-state index contributed by atoms with van der Waals surface area (Å²) in [4.78, 5) is 16.0. The molecule has 18 heavy (non-hydrogen) atoms. The second-order valence-corrected chi connectivity index (χ2v) is 5.39.